The first kappa shape index (κ1) is 31.5. The molecule has 57 heavy (non-hydrogen) atoms. The molecular weight excluding hydrogens is 703 g/mol. The highest BCUT2D eigenvalue weighted by atomic mass is 16.3. The number of aromatic nitrogens is 3. The second-order valence-electron chi connectivity index (χ2n) is 14.3. The Morgan fingerprint density at radius 1 is 0.281 bits per heavy atom. The summed E-state index contributed by atoms with van der Waals surface area (Å²) in [5.74, 6) is 1.68. The molecule has 0 bridgehead atoms. The zero-order valence-electron chi connectivity index (χ0n) is 30.3. The third kappa shape index (κ3) is 5.01. The molecule has 0 saturated heterocycles. The predicted molar refractivity (Wildman–Crippen MR) is 229 cm³/mol. The number of hydrogen-bond acceptors (Lipinski definition) is 6. The van der Waals surface area contributed by atoms with Gasteiger partial charge in [-0.1, -0.05) is 127 Å². The minimum absolute atomic E-state index is 0.548. The Balaban J connectivity index is 1.10. The lowest BCUT2D eigenvalue weighted by Crippen LogP contribution is -2.01. The third-order valence-electron chi connectivity index (χ3n) is 11.0. The average molecular weight is 732 g/mol. The molecule has 12 rings (SSSR count). The molecule has 4 heterocycles. The van der Waals surface area contributed by atoms with Gasteiger partial charge in [-0.05, 0) is 65.2 Å². The van der Waals surface area contributed by atoms with Crippen LogP contribution in [0.2, 0.25) is 0 Å². The third-order valence-corrected chi connectivity index (χ3v) is 11.0. The van der Waals surface area contributed by atoms with Crippen molar-refractivity contribution in [3.63, 3.8) is 0 Å². The Labute approximate surface area is 325 Å². The molecule has 0 aliphatic carbocycles. The lowest BCUT2D eigenvalue weighted by atomic mass is 9.97. The Bertz CT molecular complexity index is 3520. The minimum Gasteiger partial charge on any atom is -0.456 e. The minimum atomic E-state index is 0.548. The zero-order chi connectivity index (χ0) is 37.5. The van der Waals surface area contributed by atoms with Crippen LogP contribution < -0.4 is 0 Å². The van der Waals surface area contributed by atoms with Gasteiger partial charge < -0.3 is 13.3 Å². The van der Waals surface area contributed by atoms with Crippen LogP contribution in [0.25, 0.3) is 122 Å². The van der Waals surface area contributed by atoms with Crippen molar-refractivity contribution in [1.29, 1.82) is 0 Å². The van der Waals surface area contributed by atoms with Crippen molar-refractivity contribution in [2.75, 3.05) is 0 Å². The molecule has 4 aromatic heterocycles. The number of benzene rings is 8. The maximum Gasteiger partial charge on any atom is 0.164 e. The van der Waals surface area contributed by atoms with Crippen LogP contribution in [0.5, 0.6) is 0 Å². The first-order valence-corrected chi connectivity index (χ1v) is 18.9. The van der Waals surface area contributed by atoms with Gasteiger partial charge in [0.05, 0.1) is 0 Å². The first-order valence-electron chi connectivity index (χ1n) is 18.9. The number of hydrogen-bond donors (Lipinski definition) is 0. The number of rotatable bonds is 5. The van der Waals surface area contributed by atoms with E-state index < -0.39 is 0 Å². The van der Waals surface area contributed by atoms with Gasteiger partial charge in [0.25, 0.3) is 0 Å². The van der Waals surface area contributed by atoms with Crippen molar-refractivity contribution in [2.45, 2.75) is 0 Å². The molecule has 0 aliphatic rings. The molecular formula is C51H29N3O3. The van der Waals surface area contributed by atoms with Crippen LogP contribution in [0.15, 0.2) is 189 Å². The highest BCUT2D eigenvalue weighted by Crippen LogP contribution is 2.43. The van der Waals surface area contributed by atoms with Crippen LogP contribution >= 0.6 is 0 Å². The van der Waals surface area contributed by atoms with Crippen LogP contribution in [-0.2, 0) is 0 Å². The quantitative estimate of drug-likeness (QED) is 0.175. The van der Waals surface area contributed by atoms with Crippen LogP contribution in [0, 0.1) is 0 Å². The summed E-state index contributed by atoms with van der Waals surface area (Å²) in [7, 11) is 0. The number of nitrogens with zero attached hydrogens (tertiary/aromatic N) is 3. The van der Waals surface area contributed by atoms with E-state index >= 15 is 0 Å². The van der Waals surface area contributed by atoms with E-state index in [1.807, 2.05) is 78.9 Å². The molecule has 0 fully saturated rings. The van der Waals surface area contributed by atoms with Crippen molar-refractivity contribution in [1.82, 2.24) is 15.0 Å². The van der Waals surface area contributed by atoms with E-state index in [2.05, 4.69) is 97.1 Å². The lowest BCUT2D eigenvalue weighted by Gasteiger charge is -2.12. The molecule has 266 valence electrons. The molecule has 0 atom stereocenters. The summed E-state index contributed by atoms with van der Waals surface area (Å²) in [5, 5.41) is 6.03. The van der Waals surface area contributed by atoms with Crippen molar-refractivity contribution >= 4 is 65.8 Å². The fourth-order valence-electron chi connectivity index (χ4n) is 8.28. The fourth-order valence-corrected chi connectivity index (χ4v) is 8.28. The van der Waals surface area contributed by atoms with E-state index in [1.54, 1.807) is 0 Å². The Hall–Kier alpha value is -7.83. The normalized spacial score (nSPS) is 11.9. The molecule has 0 amide bonds. The van der Waals surface area contributed by atoms with Crippen molar-refractivity contribution in [2.24, 2.45) is 0 Å². The summed E-state index contributed by atoms with van der Waals surface area (Å²) in [4.78, 5) is 15.7. The van der Waals surface area contributed by atoms with E-state index in [9.17, 15) is 0 Å². The lowest BCUT2D eigenvalue weighted by molar-refractivity contribution is 0.668. The Morgan fingerprint density at radius 2 is 0.789 bits per heavy atom. The molecule has 0 N–H and O–H groups in total. The molecule has 0 spiro atoms. The molecule has 12 aromatic rings. The van der Waals surface area contributed by atoms with Crippen LogP contribution in [0.1, 0.15) is 0 Å². The molecule has 0 aliphatic heterocycles. The van der Waals surface area contributed by atoms with Crippen LogP contribution in [0.3, 0.4) is 0 Å². The molecule has 6 nitrogen and oxygen atoms in total. The summed E-state index contributed by atoms with van der Waals surface area (Å²) >= 11 is 0. The van der Waals surface area contributed by atoms with Gasteiger partial charge >= 0.3 is 0 Å². The van der Waals surface area contributed by atoms with E-state index in [-0.39, 0.29) is 0 Å². The highest BCUT2D eigenvalue weighted by molar-refractivity contribution is 6.17. The molecule has 0 saturated carbocycles. The van der Waals surface area contributed by atoms with E-state index in [0.717, 1.165) is 105 Å². The van der Waals surface area contributed by atoms with E-state index in [4.69, 9.17) is 28.2 Å². The fraction of sp³-hybridized carbons (Fsp3) is 0. The predicted octanol–water partition coefficient (Wildman–Crippen LogP) is 13.9. The van der Waals surface area contributed by atoms with E-state index in [1.165, 1.54) is 0 Å². The molecule has 0 unspecified atom stereocenters. The molecule has 6 heteroatoms. The van der Waals surface area contributed by atoms with Gasteiger partial charge in [0, 0.05) is 54.6 Å². The molecule has 0 radical (unpaired) electrons. The Morgan fingerprint density at radius 3 is 1.56 bits per heavy atom. The standard InChI is InChI=1S/C51H29N3O3/c1-2-11-30(12-3-1)31-21-23-32(24-22-31)49-52-50(38-16-10-20-45-46(38)36-14-5-8-18-42(36)56-45)54-51(53-49)39-27-26-34(48-47(39)37-15-6-9-19-43(37)57-48)33-25-28-44-40(29-33)35-13-4-7-17-41(35)55-44/h1-29H. The summed E-state index contributed by atoms with van der Waals surface area (Å²) < 4.78 is 19.2. The first-order chi connectivity index (χ1) is 28.2. The maximum atomic E-state index is 6.75. The van der Waals surface area contributed by atoms with Crippen molar-refractivity contribution < 1.29 is 13.3 Å². The van der Waals surface area contributed by atoms with Gasteiger partial charge in [0.1, 0.15) is 33.5 Å². The van der Waals surface area contributed by atoms with Crippen LogP contribution in [0.4, 0.5) is 0 Å². The topological polar surface area (TPSA) is 78.1 Å². The summed E-state index contributed by atoms with van der Waals surface area (Å²) in [6, 6.07) is 59.8. The number of furan rings is 3. The maximum absolute atomic E-state index is 6.75. The Kier molecular flexibility index (Phi) is 6.83. The SMILES string of the molecule is c1ccc(-c2ccc(-c3nc(-c4cccc5oc6ccccc6c45)nc(-c4ccc(-c5ccc6oc7ccccc7c6c5)c5oc6ccccc6c45)n3)cc2)cc1. The largest absolute Gasteiger partial charge is 0.456 e. The number of fused-ring (bicyclic) bond motifs is 9. The van der Waals surface area contributed by atoms with Gasteiger partial charge in [-0.15, -0.1) is 0 Å². The van der Waals surface area contributed by atoms with Crippen molar-refractivity contribution in [3.8, 4) is 56.4 Å². The number of para-hydroxylation sites is 3. The zero-order valence-corrected chi connectivity index (χ0v) is 30.3. The second kappa shape index (κ2) is 12.3. The summed E-state index contributed by atoms with van der Waals surface area (Å²) in [6.07, 6.45) is 0. The van der Waals surface area contributed by atoms with Crippen molar-refractivity contribution in [3.05, 3.63) is 176 Å². The van der Waals surface area contributed by atoms with Gasteiger partial charge in [0.2, 0.25) is 0 Å². The average Bonchev–Trinajstić information content (AvgIpc) is 3.98. The summed E-state index contributed by atoms with van der Waals surface area (Å²) in [6.45, 7) is 0. The van der Waals surface area contributed by atoms with E-state index in [0.29, 0.717) is 17.5 Å². The summed E-state index contributed by atoms with van der Waals surface area (Å²) in [5.41, 5.74) is 11.7. The van der Waals surface area contributed by atoms with Gasteiger partial charge in [-0.25, -0.2) is 15.0 Å². The van der Waals surface area contributed by atoms with Crippen LogP contribution in [-0.4, -0.2) is 15.0 Å². The highest BCUT2D eigenvalue weighted by Gasteiger charge is 2.23. The van der Waals surface area contributed by atoms with Gasteiger partial charge in [-0.2, -0.15) is 0 Å². The monoisotopic (exact) mass is 731 g/mol. The second-order valence-corrected chi connectivity index (χ2v) is 14.3. The smallest absolute Gasteiger partial charge is 0.164 e. The molecule has 8 aromatic carbocycles. The van der Waals surface area contributed by atoms with Gasteiger partial charge in [0.15, 0.2) is 17.5 Å². The van der Waals surface area contributed by atoms with Gasteiger partial charge in [-0.3, -0.25) is 0 Å².